The van der Waals surface area contributed by atoms with Crippen molar-refractivity contribution in [3.8, 4) is 11.5 Å². The molecule has 0 saturated carbocycles. The second-order valence-corrected chi connectivity index (χ2v) is 7.66. The number of hydrogen-bond donors (Lipinski definition) is 1. The summed E-state index contributed by atoms with van der Waals surface area (Å²) in [5.74, 6) is 1.27. The summed E-state index contributed by atoms with van der Waals surface area (Å²) in [6, 6.07) is 13.2. The predicted octanol–water partition coefficient (Wildman–Crippen LogP) is 3.60. The van der Waals surface area contributed by atoms with Crippen LogP contribution >= 0.6 is 0 Å². The SMILES string of the molecule is CCCNC(=O)[C@H](C)N(Cc1ccc(C)cc1)C(=O)CCc1ccc2c(c1)OCO2. The van der Waals surface area contributed by atoms with E-state index < -0.39 is 6.04 Å². The van der Waals surface area contributed by atoms with Gasteiger partial charge in [0, 0.05) is 19.5 Å². The van der Waals surface area contributed by atoms with Crippen molar-refractivity contribution in [3.63, 3.8) is 0 Å². The van der Waals surface area contributed by atoms with Crippen molar-refractivity contribution in [1.29, 1.82) is 0 Å². The van der Waals surface area contributed by atoms with E-state index in [1.807, 2.05) is 56.3 Å². The van der Waals surface area contributed by atoms with Gasteiger partial charge in [-0.2, -0.15) is 0 Å². The molecule has 1 N–H and O–H groups in total. The van der Waals surface area contributed by atoms with Gasteiger partial charge in [-0.15, -0.1) is 0 Å². The van der Waals surface area contributed by atoms with Crippen LogP contribution in [0.15, 0.2) is 42.5 Å². The van der Waals surface area contributed by atoms with Crippen LogP contribution in [0.25, 0.3) is 0 Å². The predicted molar refractivity (Wildman–Crippen MR) is 115 cm³/mol. The first-order valence-electron chi connectivity index (χ1n) is 10.5. The third-order valence-corrected chi connectivity index (χ3v) is 5.25. The van der Waals surface area contributed by atoms with Gasteiger partial charge in [-0.05, 0) is 49.9 Å². The van der Waals surface area contributed by atoms with Crippen molar-refractivity contribution >= 4 is 11.8 Å². The van der Waals surface area contributed by atoms with Gasteiger partial charge in [0.1, 0.15) is 6.04 Å². The largest absolute Gasteiger partial charge is 0.454 e. The van der Waals surface area contributed by atoms with E-state index in [1.165, 1.54) is 0 Å². The Morgan fingerprint density at radius 1 is 1.07 bits per heavy atom. The van der Waals surface area contributed by atoms with E-state index in [0.29, 0.717) is 31.7 Å². The number of carbonyl (C=O) groups excluding carboxylic acids is 2. The Balaban J connectivity index is 1.69. The number of carbonyl (C=O) groups is 2. The number of fused-ring (bicyclic) bond motifs is 1. The number of hydrogen-bond acceptors (Lipinski definition) is 4. The van der Waals surface area contributed by atoms with Crippen LogP contribution in [0.2, 0.25) is 0 Å². The Labute approximate surface area is 178 Å². The smallest absolute Gasteiger partial charge is 0.242 e. The van der Waals surface area contributed by atoms with Gasteiger partial charge in [0.2, 0.25) is 18.6 Å². The molecule has 160 valence electrons. The molecule has 1 aliphatic rings. The van der Waals surface area contributed by atoms with E-state index >= 15 is 0 Å². The molecule has 6 heteroatoms. The van der Waals surface area contributed by atoms with Crippen LogP contribution in [0.5, 0.6) is 11.5 Å². The molecule has 3 rings (SSSR count). The van der Waals surface area contributed by atoms with Crippen molar-refractivity contribution in [2.75, 3.05) is 13.3 Å². The summed E-state index contributed by atoms with van der Waals surface area (Å²) in [6.45, 7) is 7.06. The van der Waals surface area contributed by atoms with Crippen molar-refractivity contribution in [2.24, 2.45) is 0 Å². The van der Waals surface area contributed by atoms with Gasteiger partial charge >= 0.3 is 0 Å². The average molecular weight is 411 g/mol. The molecule has 1 heterocycles. The fourth-order valence-electron chi connectivity index (χ4n) is 3.36. The number of nitrogens with one attached hydrogen (secondary N) is 1. The summed E-state index contributed by atoms with van der Waals surface area (Å²) >= 11 is 0. The highest BCUT2D eigenvalue weighted by Gasteiger charge is 2.26. The zero-order valence-corrected chi connectivity index (χ0v) is 17.9. The van der Waals surface area contributed by atoms with Gasteiger partial charge in [0.05, 0.1) is 0 Å². The lowest BCUT2D eigenvalue weighted by atomic mass is 10.1. The molecule has 2 aromatic rings. The molecule has 0 unspecified atom stereocenters. The van der Waals surface area contributed by atoms with Crippen LogP contribution in [0.1, 0.15) is 43.4 Å². The topological polar surface area (TPSA) is 67.9 Å². The molecule has 0 radical (unpaired) electrons. The number of rotatable bonds is 9. The molecule has 6 nitrogen and oxygen atoms in total. The van der Waals surface area contributed by atoms with Crippen LogP contribution in [0.4, 0.5) is 0 Å². The van der Waals surface area contributed by atoms with E-state index in [2.05, 4.69) is 5.32 Å². The fraction of sp³-hybridized carbons (Fsp3) is 0.417. The lowest BCUT2D eigenvalue weighted by molar-refractivity contribution is -0.140. The van der Waals surface area contributed by atoms with Gasteiger partial charge in [-0.3, -0.25) is 9.59 Å². The fourth-order valence-corrected chi connectivity index (χ4v) is 3.36. The number of benzene rings is 2. The number of nitrogens with zero attached hydrogens (tertiary/aromatic N) is 1. The summed E-state index contributed by atoms with van der Waals surface area (Å²) in [4.78, 5) is 27.4. The zero-order chi connectivity index (χ0) is 21.5. The molecule has 0 aromatic heterocycles. The first-order valence-corrected chi connectivity index (χ1v) is 10.5. The molecule has 0 fully saturated rings. The minimum absolute atomic E-state index is 0.0487. The third kappa shape index (κ3) is 5.53. The van der Waals surface area contributed by atoms with Crippen molar-refractivity contribution in [1.82, 2.24) is 10.2 Å². The van der Waals surface area contributed by atoms with E-state index in [-0.39, 0.29) is 18.6 Å². The van der Waals surface area contributed by atoms with Gasteiger partial charge in [0.25, 0.3) is 0 Å². The monoisotopic (exact) mass is 410 g/mol. The molecule has 0 spiro atoms. The Bertz CT molecular complexity index is 879. The van der Waals surface area contributed by atoms with E-state index in [4.69, 9.17) is 9.47 Å². The maximum absolute atomic E-state index is 13.1. The normalized spacial score (nSPS) is 13.0. The molecular formula is C24H30N2O4. The third-order valence-electron chi connectivity index (χ3n) is 5.25. The summed E-state index contributed by atoms with van der Waals surface area (Å²) < 4.78 is 10.8. The lowest BCUT2D eigenvalue weighted by Crippen LogP contribution is -2.47. The summed E-state index contributed by atoms with van der Waals surface area (Å²) in [6.07, 6.45) is 1.74. The van der Waals surface area contributed by atoms with Crippen LogP contribution in [-0.4, -0.2) is 36.1 Å². The molecule has 1 atom stereocenters. The summed E-state index contributed by atoms with van der Waals surface area (Å²) in [7, 11) is 0. The van der Waals surface area contributed by atoms with E-state index in [1.54, 1.807) is 11.8 Å². The molecule has 2 amide bonds. The van der Waals surface area contributed by atoms with Crippen molar-refractivity contribution in [2.45, 2.75) is 52.6 Å². The van der Waals surface area contributed by atoms with Gasteiger partial charge in [0.15, 0.2) is 11.5 Å². The summed E-state index contributed by atoms with van der Waals surface area (Å²) in [5.41, 5.74) is 3.17. The van der Waals surface area contributed by atoms with Gasteiger partial charge < -0.3 is 19.7 Å². The van der Waals surface area contributed by atoms with Crippen molar-refractivity contribution in [3.05, 3.63) is 59.2 Å². The standard InChI is InChI=1S/C24H30N2O4/c1-4-13-25-24(28)18(3)26(15-20-7-5-17(2)6-8-20)23(27)12-10-19-9-11-21-22(14-19)30-16-29-21/h5-9,11,14,18H,4,10,12-13,15-16H2,1-3H3,(H,25,28)/t18-/m0/s1. The first-order chi connectivity index (χ1) is 14.5. The highest BCUT2D eigenvalue weighted by atomic mass is 16.7. The zero-order valence-electron chi connectivity index (χ0n) is 17.9. The second kappa shape index (κ2) is 10.1. The van der Waals surface area contributed by atoms with Crippen molar-refractivity contribution < 1.29 is 19.1 Å². The van der Waals surface area contributed by atoms with Gasteiger partial charge in [-0.1, -0.05) is 42.8 Å². The number of amides is 2. The van der Waals surface area contributed by atoms with E-state index in [0.717, 1.165) is 28.9 Å². The Morgan fingerprint density at radius 3 is 2.50 bits per heavy atom. The molecular weight excluding hydrogens is 380 g/mol. The molecule has 0 bridgehead atoms. The quantitative estimate of drug-likeness (QED) is 0.686. The molecule has 0 saturated heterocycles. The highest BCUT2D eigenvalue weighted by Crippen LogP contribution is 2.32. The highest BCUT2D eigenvalue weighted by molar-refractivity contribution is 5.87. The second-order valence-electron chi connectivity index (χ2n) is 7.66. The minimum Gasteiger partial charge on any atom is -0.454 e. The molecule has 2 aromatic carbocycles. The van der Waals surface area contributed by atoms with Crippen LogP contribution in [-0.2, 0) is 22.6 Å². The summed E-state index contributed by atoms with van der Waals surface area (Å²) in [5, 5.41) is 2.90. The van der Waals surface area contributed by atoms with Crippen LogP contribution < -0.4 is 14.8 Å². The van der Waals surface area contributed by atoms with Gasteiger partial charge in [-0.25, -0.2) is 0 Å². The first kappa shape index (κ1) is 21.7. The molecule has 30 heavy (non-hydrogen) atoms. The van der Waals surface area contributed by atoms with Crippen LogP contribution in [0, 0.1) is 6.92 Å². The number of aryl methyl sites for hydroxylation is 2. The Hall–Kier alpha value is -3.02. The maximum Gasteiger partial charge on any atom is 0.242 e. The Morgan fingerprint density at radius 2 is 1.77 bits per heavy atom. The van der Waals surface area contributed by atoms with Crippen LogP contribution in [0.3, 0.4) is 0 Å². The Kier molecular flexibility index (Phi) is 7.33. The maximum atomic E-state index is 13.1. The van der Waals surface area contributed by atoms with E-state index in [9.17, 15) is 9.59 Å². The lowest BCUT2D eigenvalue weighted by Gasteiger charge is -2.29. The average Bonchev–Trinajstić information content (AvgIpc) is 3.22. The minimum atomic E-state index is -0.540. The molecule has 1 aliphatic heterocycles. The molecule has 0 aliphatic carbocycles. The number of ether oxygens (including phenoxy) is 2.